The minimum atomic E-state index is -1.17. The van der Waals surface area contributed by atoms with Gasteiger partial charge in [-0.1, -0.05) is 99.6 Å². The number of nitrogens with zero attached hydrogens (tertiary/aromatic N) is 1. The van der Waals surface area contributed by atoms with Crippen molar-refractivity contribution in [1.29, 1.82) is 0 Å². The molecule has 1 aromatic heterocycles. The highest BCUT2D eigenvalue weighted by molar-refractivity contribution is 5.93. The van der Waals surface area contributed by atoms with Crippen LogP contribution in [0.25, 0.3) is 10.8 Å². The zero-order chi connectivity index (χ0) is 37.5. The van der Waals surface area contributed by atoms with Gasteiger partial charge >= 0.3 is 6.09 Å². The third-order valence-corrected chi connectivity index (χ3v) is 8.83. The zero-order valence-corrected chi connectivity index (χ0v) is 30.4. The van der Waals surface area contributed by atoms with Gasteiger partial charge < -0.3 is 31.1 Å². The molecule has 5 N–H and O–H groups in total. The lowest BCUT2D eigenvalue weighted by molar-refractivity contribution is -0.131. The highest BCUT2D eigenvalue weighted by Gasteiger charge is 2.32. The average Bonchev–Trinajstić information content (AvgIpc) is 3.13. The fourth-order valence-corrected chi connectivity index (χ4v) is 5.89. The number of aliphatic hydroxyl groups is 1. The van der Waals surface area contributed by atoms with Crippen LogP contribution in [0, 0.1) is 5.92 Å². The Morgan fingerprint density at radius 2 is 1.42 bits per heavy atom. The number of nitrogens with one attached hydrogen (secondary N) is 4. The van der Waals surface area contributed by atoms with Crippen LogP contribution in [0.5, 0.6) is 0 Å². The van der Waals surface area contributed by atoms with Gasteiger partial charge in [0, 0.05) is 30.8 Å². The molecule has 1 heterocycles. The van der Waals surface area contributed by atoms with Gasteiger partial charge in [0.1, 0.15) is 18.7 Å². The summed E-state index contributed by atoms with van der Waals surface area (Å²) in [4.78, 5) is 58.4. The van der Waals surface area contributed by atoms with E-state index in [1.807, 2.05) is 100 Å². The third kappa shape index (κ3) is 12.5. The number of fused-ring (bicyclic) bond motifs is 1. The summed E-state index contributed by atoms with van der Waals surface area (Å²) in [5.41, 5.74) is 2.16. The van der Waals surface area contributed by atoms with E-state index in [1.165, 1.54) is 0 Å². The molecule has 0 aliphatic carbocycles. The van der Waals surface area contributed by atoms with Crippen molar-refractivity contribution < 1.29 is 29.0 Å². The van der Waals surface area contributed by atoms with Gasteiger partial charge in [0.2, 0.25) is 17.7 Å². The molecule has 3 aromatic carbocycles. The topological polar surface area (TPSA) is 159 Å². The highest BCUT2D eigenvalue weighted by atomic mass is 16.5. The molecule has 5 atom stereocenters. The SMILES string of the molecule is CCC(C)NC(=O)C[C@H](O)[C@H](CC(C)C)NC(=O)C(Cc1ccccn1)NC(=O)[C@H](Cc1cccc2ccccc12)NC(=O)OCc1ccccc1. The van der Waals surface area contributed by atoms with Gasteiger partial charge in [-0.25, -0.2) is 4.79 Å². The first kappa shape index (κ1) is 39.5. The number of pyridine rings is 1. The van der Waals surface area contributed by atoms with E-state index in [1.54, 1.807) is 24.4 Å². The molecule has 276 valence electrons. The maximum atomic E-state index is 14.2. The average molecular weight is 710 g/mol. The zero-order valence-electron chi connectivity index (χ0n) is 30.4. The fraction of sp³-hybridized carbons (Fsp3) is 0.390. The Morgan fingerprint density at radius 1 is 0.750 bits per heavy atom. The van der Waals surface area contributed by atoms with Crippen LogP contribution in [0.15, 0.2) is 97.2 Å². The van der Waals surface area contributed by atoms with Crippen LogP contribution in [0.3, 0.4) is 0 Å². The second-order valence-electron chi connectivity index (χ2n) is 13.6. The summed E-state index contributed by atoms with van der Waals surface area (Å²) in [6, 6.07) is 24.9. The predicted octanol–water partition coefficient (Wildman–Crippen LogP) is 5.00. The number of aliphatic hydroxyl groups excluding tert-OH is 1. The Hall–Kier alpha value is -5.29. The molecule has 0 radical (unpaired) electrons. The number of carbonyl (C=O) groups is 4. The first-order valence-corrected chi connectivity index (χ1v) is 17.9. The van der Waals surface area contributed by atoms with Gasteiger partial charge in [0.05, 0.1) is 18.6 Å². The predicted molar refractivity (Wildman–Crippen MR) is 201 cm³/mol. The molecular weight excluding hydrogens is 658 g/mol. The van der Waals surface area contributed by atoms with Gasteiger partial charge in [-0.15, -0.1) is 0 Å². The first-order valence-electron chi connectivity index (χ1n) is 17.9. The monoisotopic (exact) mass is 709 g/mol. The van der Waals surface area contributed by atoms with Crippen LogP contribution in [-0.4, -0.2) is 64.2 Å². The lowest BCUT2D eigenvalue weighted by Gasteiger charge is -2.29. The number of amides is 4. The maximum Gasteiger partial charge on any atom is 0.408 e. The summed E-state index contributed by atoms with van der Waals surface area (Å²) < 4.78 is 5.48. The van der Waals surface area contributed by atoms with E-state index in [-0.39, 0.29) is 43.7 Å². The number of aromatic nitrogens is 1. The number of alkyl carbamates (subject to hydrolysis) is 1. The number of hydrogen-bond donors (Lipinski definition) is 5. The summed E-state index contributed by atoms with van der Waals surface area (Å²) >= 11 is 0. The largest absolute Gasteiger partial charge is 0.445 e. The number of hydrogen-bond acceptors (Lipinski definition) is 7. The Bertz CT molecular complexity index is 1750. The molecule has 0 aliphatic heterocycles. The molecule has 0 bridgehead atoms. The van der Waals surface area contributed by atoms with Crippen molar-refractivity contribution in [3.8, 4) is 0 Å². The van der Waals surface area contributed by atoms with Crippen molar-refractivity contribution in [2.75, 3.05) is 0 Å². The summed E-state index contributed by atoms with van der Waals surface area (Å²) in [7, 11) is 0. The Kier molecular flexibility index (Phi) is 15.1. The van der Waals surface area contributed by atoms with Gasteiger partial charge in [-0.05, 0) is 59.7 Å². The molecule has 4 rings (SSSR count). The fourth-order valence-electron chi connectivity index (χ4n) is 5.89. The molecule has 11 nitrogen and oxygen atoms in total. The number of rotatable bonds is 18. The van der Waals surface area contributed by atoms with E-state index in [2.05, 4.69) is 26.3 Å². The standard InChI is InChI=1S/C41H51N5O6/c1-5-28(4)43-38(48)25-37(47)34(22-27(2)3)44-40(50)36(24-32-19-11-12-21-42-32)45-39(49)35(46-41(51)52-26-29-14-7-6-8-15-29)23-31-18-13-17-30-16-9-10-20-33(30)31/h6-21,27-28,34-37,47H,5,22-26H2,1-4H3,(H,43,48)(H,44,50)(H,45,49)(H,46,51)/t28?,34-,35-,36?,37-/m0/s1. The normalized spacial score (nSPS) is 14.0. The van der Waals surface area contributed by atoms with E-state index in [0.717, 1.165) is 28.3 Å². The van der Waals surface area contributed by atoms with Crippen molar-refractivity contribution in [2.45, 2.75) is 96.7 Å². The van der Waals surface area contributed by atoms with E-state index >= 15 is 0 Å². The number of carbonyl (C=O) groups excluding carboxylic acids is 4. The van der Waals surface area contributed by atoms with Crippen molar-refractivity contribution in [3.05, 3.63) is 114 Å². The summed E-state index contributed by atoms with van der Waals surface area (Å²) in [6.07, 6.45) is 0.744. The molecule has 0 fully saturated rings. The molecule has 4 amide bonds. The van der Waals surface area contributed by atoms with Crippen molar-refractivity contribution >= 4 is 34.6 Å². The van der Waals surface area contributed by atoms with Crippen LogP contribution in [0.1, 0.15) is 63.8 Å². The Labute approximate surface area is 305 Å². The minimum absolute atomic E-state index is 0.00886. The van der Waals surface area contributed by atoms with Crippen LogP contribution in [0.4, 0.5) is 4.79 Å². The first-order chi connectivity index (χ1) is 25.0. The third-order valence-electron chi connectivity index (χ3n) is 8.83. The quantitative estimate of drug-likeness (QED) is 0.0973. The summed E-state index contributed by atoms with van der Waals surface area (Å²) in [5.74, 6) is -1.39. The molecule has 0 spiro atoms. The lowest BCUT2D eigenvalue weighted by atomic mass is 9.96. The molecule has 2 unspecified atom stereocenters. The Morgan fingerprint density at radius 3 is 2.13 bits per heavy atom. The van der Waals surface area contributed by atoms with Crippen molar-refractivity contribution in [2.24, 2.45) is 5.92 Å². The second kappa shape index (κ2) is 19.9. The van der Waals surface area contributed by atoms with Gasteiger partial charge in [0.25, 0.3) is 0 Å². The maximum absolute atomic E-state index is 14.2. The van der Waals surface area contributed by atoms with E-state index in [4.69, 9.17) is 4.74 Å². The van der Waals surface area contributed by atoms with Crippen LogP contribution >= 0.6 is 0 Å². The van der Waals surface area contributed by atoms with Crippen molar-refractivity contribution in [3.63, 3.8) is 0 Å². The summed E-state index contributed by atoms with van der Waals surface area (Å²) in [6.45, 7) is 7.76. The highest BCUT2D eigenvalue weighted by Crippen LogP contribution is 2.20. The molecule has 52 heavy (non-hydrogen) atoms. The van der Waals surface area contributed by atoms with Crippen molar-refractivity contribution in [1.82, 2.24) is 26.3 Å². The molecular formula is C41H51N5O6. The molecule has 11 heteroatoms. The lowest BCUT2D eigenvalue weighted by Crippen LogP contribution is -2.57. The van der Waals surface area contributed by atoms with Crippen LogP contribution < -0.4 is 21.3 Å². The summed E-state index contributed by atoms with van der Waals surface area (Å²) in [5, 5.41) is 24.4. The minimum Gasteiger partial charge on any atom is -0.445 e. The van der Waals surface area contributed by atoms with E-state index in [9.17, 15) is 24.3 Å². The van der Waals surface area contributed by atoms with Crippen LogP contribution in [-0.2, 0) is 38.6 Å². The van der Waals surface area contributed by atoms with Gasteiger partial charge in [0.15, 0.2) is 0 Å². The number of ether oxygens (including phenoxy) is 1. The van der Waals surface area contributed by atoms with E-state index in [0.29, 0.717) is 12.1 Å². The van der Waals surface area contributed by atoms with Gasteiger partial charge in [-0.3, -0.25) is 19.4 Å². The van der Waals surface area contributed by atoms with Crippen LogP contribution in [0.2, 0.25) is 0 Å². The smallest absolute Gasteiger partial charge is 0.408 e. The molecule has 4 aromatic rings. The molecule has 0 aliphatic rings. The van der Waals surface area contributed by atoms with Gasteiger partial charge in [-0.2, -0.15) is 0 Å². The van der Waals surface area contributed by atoms with E-state index < -0.39 is 42.1 Å². The molecule has 0 saturated heterocycles. The molecule has 0 saturated carbocycles. The number of benzene rings is 3. The second-order valence-corrected chi connectivity index (χ2v) is 13.6. The Balaban J connectivity index is 1.58.